The molecular weight excluding hydrogens is 190 g/mol. The first kappa shape index (κ1) is 10.3. The number of carbonyl (C=O) groups excluding carboxylic acids is 1. The van der Waals surface area contributed by atoms with Crippen LogP contribution in [0, 0.1) is 0 Å². The van der Waals surface area contributed by atoms with E-state index in [2.05, 4.69) is 4.98 Å². The molecule has 5 heteroatoms. The minimum absolute atomic E-state index is 0.0887. The first-order valence-electron chi connectivity index (χ1n) is 3.73. The Balaban J connectivity index is 2.49. The molecule has 72 valence electrons. The van der Waals surface area contributed by atoms with Crippen LogP contribution in [0.1, 0.15) is 4.88 Å². The summed E-state index contributed by atoms with van der Waals surface area (Å²) in [7, 11) is 2.89. The number of thiazole rings is 1. The van der Waals surface area contributed by atoms with Gasteiger partial charge in [0.05, 0.1) is 5.51 Å². The Hall–Kier alpha value is -0.780. The molecule has 0 bridgehead atoms. The number of ether oxygens (including phenoxy) is 2. The third kappa shape index (κ3) is 2.87. The molecule has 1 aromatic heterocycles. The summed E-state index contributed by atoms with van der Waals surface area (Å²) in [6, 6.07) is 0. The molecule has 0 unspecified atom stereocenters. The van der Waals surface area contributed by atoms with Crippen LogP contribution in [-0.4, -0.2) is 31.3 Å². The lowest BCUT2D eigenvalue weighted by Gasteiger charge is -2.10. The van der Waals surface area contributed by atoms with Crippen molar-refractivity contribution in [3.8, 4) is 0 Å². The molecule has 0 radical (unpaired) electrons. The molecule has 0 N–H and O–H groups in total. The van der Waals surface area contributed by atoms with Gasteiger partial charge in [-0.25, -0.2) is 0 Å². The van der Waals surface area contributed by atoms with Crippen LogP contribution >= 0.6 is 11.3 Å². The van der Waals surface area contributed by atoms with E-state index in [9.17, 15) is 4.79 Å². The summed E-state index contributed by atoms with van der Waals surface area (Å²) in [4.78, 5) is 16.2. The molecule has 13 heavy (non-hydrogen) atoms. The van der Waals surface area contributed by atoms with Crippen LogP contribution in [0.3, 0.4) is 0 Å². The zero-order valence-electron chi connectivity index (χ0n) is 7.52. The first-order valence-corrected chi connectivity index (χ1v) is 4.61. The number of hydrogen-bond donors (Lipinski definition) is 0. The number of ketones is 1. The molecule has 1 rings (SSSR count). The van der Waals surface area contributed by atoms with E-state index in [0.717, 1.165) is 4.88 Å². The Morgan fingerprint density at radius 3 is 2.77 bits per heavy atom. The van der Waals surface area contributed by atoms with Crippen molar-refractivity contribution in [2.45, 2.75) is 12.7 Å². The van der Waals surface area contributed by atoms with Crippen LogP contribution in [0.2, 0.25) is 0 Å². The molecule has 0 amide bonds. The number of Topliss-reactive ketones (excluding diaryl/α,β-unsaturated/α-hetero) is 1. The summed E-state index contributed by atoms with van der Waals surface area (Å²) in [6.45, 7) is 0. The lowest BCUT2D eigenvalue weighted by molar-refractivity contribution is -0.155. The van der Waals surface area contributed by atoms with E-state index in [1.54, 1.807) is 11.7 Å². The van der Waals surface area contributed by atoms with Crippen LogP contribution in [0.5, 0.6) is 0 Å². The molecule has 0 saturated carbocycles. The van der Waals surface area contributed by atoms with E-state index in [1.165, 1.54) is 25.6 Å². The Labute approximate surface area is 80.5 Å². The van der Waals surface area contributed by atoms with Gasteiger partial charge >= 0.3 is 0 Å². The van der Waals surface area contributed by atoms with Crippen molar-refractivity contribution < 1.29 is 14.3 Å². The van der Waals surface area contributed by atoms with Crippen LogP contribution in [-0.2, 0) is 20.7 Å². The summed E-state index contributed by atoms with van der Waals surface area (Å²) >= 11 is 1.45. The second-order valence-electron chi connectivity index (χ2n) is 2.41. The van der Waals surface area contributed by atoms with Gasteiger partial charge in [-0.15, -0.1) is 11.3 Å². The molecule has 1 aromatic rings. The maximum atomic E-state index is 11.4. The lowest BCUT2D eigenvalue weighted by atomic mass is 10.2. The summed E-state index contributed by atoms with van der Waals surface area (Å²) in [5.74, 6) is -0.0887. The SMILES string of the molecule is COC(OC)C(=O)Cc1cncs1. The van der Waals surface area contributed by atoms with Gasteiger partial charge in [0.2, 0.25) is 6.29 Å². The average Bonchev–Trinajstić information content (AvgIpc) is 2.59. The average molecular weight is 201 g/mol. The standard InChI is InChI=1S/C8H11NO3S/c1-11-8(12-2)7(10)3-6-4-9-5-13-6/h4-5,8H,3H2,1-2H3. The Morgan fingerprint density at radius 2 is 2.31 bits per heavy atom. The van der Waals surface area contributed by atoms with Crippen molar-refractivity contribution in [1.82, 2.24) is 4.98 Å². The molecule has 0 saturated heterocycles. The second-order valence-corrected chi connectivity index (χ2v) is 3.39. The fraction of sp³-hybridized carbons (Fsp3) is 0.500. The highest BCUT2D eigenvalue weighted by atomic mass is 32.1. The van der Waals surface area contributed by atoms with Crippen molar-refractivity contribution in [1.29, 1.82) is 0 Å². The van der Waals surface area contributed by atoms with Gasteiger partial charge in [-0.3, -0.25) is 9.78 Å². The topological polar surface area (TPSA) is 48.4 Å². The van der Waals surface area contributed by atoms with Gasteiger partial charge in [-0.05, 0) is 0 Å². The van der Waals surface area contributed by atoms with E-state index >= 15 is 0 Å². The van der Waals surface area contributed by atoms with E-state index < -0.39 is 6.29 Å². The number of hydrogen-bond acceptors (Lipinski definition) is 5. The first-order chi connectivity index (χ1) is 6.27. The summed E-state index contributed by atoms with van der Waals surface area (Å²) in [5.41, 5.74) is 1.69. The van der Waals surface area contributed by atoms with E-state index in [1.807, 2.05) is 0 Å². The highest BCUT2D eigenvalue weighted by molar-refractivity contribution is 7.09. The predicted molar refractivity (Wildman–Crippen MR) is 48.6 cm³/mol. The number of rotatable bonds is 5. The molecule has 1 heterocycles. The molecule has 0 spiro atoms. The molecule has 4 nitrogen and oxygen atoms in total. The zero-order valence-corrected chi connectivity index (χ0v) is 8.34. The fourth-order valence-corrected chi connectivity index (χ4v) is 1.55. The molecule has 0 aromatic carbocycles. The fourth-order valence-electron chi connectivity index (χ4n) is 0.944. The monoisotopic (exact) mass is 201 g/mol. The van der Waals surface area contributed by atoms with E-state index in [-0.39, 0.29) is 5.78 Å². The largest absolute Gasteiger partial charge is 0.349 e. The Kier molecular flexibility index (Phi) is 4.01. The van der Waals surface area contributed by atoms with Crippen LogP contribution in [0.4, 0.5) is 0 Å². The highest BCUT2D eigenvalue weighted by Crippen LogP contribution is 2.08. The van der Waals surface area contributed by atoms with Crippen molar-refractivity contribution in [3.05, 3.63) is 16.6 Å². The number of aromatic nitrogens is 1. The Bertz CT molecular complexity index is 256. The molecule has 0 atom stereocenters. The van der Waals surface area contributed by atoms with Crippen molar-refractivity contribution in [2.24, 2.45) is 0 Å². The molecule has 0 aliphatic rings. The van der Waals surface area contributed by atoms with Gasteiger partial charge in [0, 0.05) is 31.7 Å². The number of nitrogens with zero attached hydrogens (tertiary/aromatic N) is 1. The van der Waals surface area contributed by atoms with Gasteiger partial charge in [-0.1, -0.05) is 0 Å². The van der Waals surface area contributed by atoms with Crippen molar-refractivity contribution in [3.63, 3.8) is 0 Å². The maximum Gasteiger partial charge on any atom is 0.217 e. The number of carbonyl (C=O) groups is 1. The number of methoxy groups -OCH3 is 2. The summed E-state index contributed by atoms with van der Waals surface area (Å²) < 4.78 is 9.64. The smallest absolute Gasteiger partial charge is 0.217 e. The third-order valence-corrected chi connectivity index (χ3v) is 2.30. The van der Waals surface area contributed by atoms with Crippen LogP contribution in [0.25, 0.3) is 0 Å². The quantitative estimate of drug-likeness (QED) is 0.663. The van der Waals surface area contributed by atoms with Gasteiger partial charge in [0.1, 0.15) is 0 Å². The van der Waals surface area contributed by atoms with Gasteiger partial charge in [0.15, 0.2) is 5.78 Å². The second kappa shape index (κ2) is 5.06. The molecule has 0 fully saturated rings. The highest BCUT2D eigenvalue weighted by Gasteiger charge is 2.17. The Morgan fingerprint density at radius 1 is 1.62 bits per heavy atom. The normalized spacial score (nSPS) is 10.7. The molecular formula is C8H11NO3S. The van der Waals surface area contributed by atoms with E-state index in [0.29, 0.717) is 6.42 Å². The minimum atomic E-state index is -0.762. The zero-order chi connectivity index (χ0) is 9.68. The third-order valence-electron chi connectivity index (χ3n) is 1.52. The molecule has 0 aliphatic carbocycles. The van der Waals surface area contributed by atoms with Crippen molar-refractivity contribution in [2.75, 3.05) is 14.2 Å². The minimum Gasteiger partial charge on any atom is -0.349 e. The lowest BCUT2D eigenvalue weighted by Crippen LogP contribution is -2.26. The van der Waals surface area contributed by atoms with Crippen molar-refractivity contribution >= 4 is 17.1 Å². The van der Waals surface area contributed by atoms with Gasteiger partial charge in [-0.2, -0.15) is 0 Å². The van der Waals surface area contributed by atoms with E-state index in [4.69, 9.17) is 9.47 Å². The predicted octanol–water partition coefficient (Wildman–Crippen LogP) is 0.874. The summed E-state index contributed by atoms with van der Waals surface area (Å²) in [5, 5.41) is 0. The van der Waals surface area contributed by atoms with Gasteiger partial charge < -0.3 is 9.47 Å². The van der Waals surface area contributed by atoms with Gasteiger partial charge in [0.25, 0.3) is 0 Å². The molecule has 0 aliphatic heterocycles. The maximum absolute atomic E-state index is 11.4. The van der Waals surface area contributed by atoms with Crippen LogP contribution in [0.15, 0.2) is 11.7 Å². The summed E-state index contributed by atoms with van der Waals surface area (Å²) in [6.07, 6.45) is 1.23. The van der Waals surface area contributed by atoms with Crippen LogP contribution < -0.4 is 0 Å².